The van der Waals surface area contributed by atoms with Gasteiger partial charge in [0.25, 0.3) is 5.91 Å². The number of morpholine rings is 1. The number of carbonyl (C=O) groups is 1. The van der Waals surface area contributed by atoms with Crippen molar-refractivity contribution >= 4 is 11.8 Å². The molecule has 12 nitrogen and oxygen atoms in total. The number of amides is 1. The van der Waals surface area contributed by atoms with Crippen molar-refractivity contribution in [2.75, 3.05) is 59.7 Å². The molecule has 242 valence electrons. The van der Waals surface area contributed by atoms with E-state index in [0.717, 1.165) is 29.8 Å². The number of rotatable bonds is 15. The summed E-state index contributed by atoms with van der Waals surface area (Å²) in [6, 6.07) is 22.4. The van der Waals surface area contributed by atoms with Gasteiger partial charge in [-0.05, 0) is 58.6 Å². The quantitative estimate of drug-likeness (QED) is 0.111. The van der Waals surface area contributed by atoms with E-state index < -0.39 is 11.6 Å². The van der Waals surface area contributed by atoms with Gasteiger partial charge in [0.1, 0.15) is 11.5 Å². The molecule has 0 unspecified atom stereocenters. The predicted molar refractivity (Wildman–Crippen MR) is 173 cm³/mol. The fourth-order valence-corrected chi connectivity index (χ4v) is 5.67. The van der Waals surface area contributed by atoms with Gasteiger partial charge in [0.2, 0.25) is 5.90 Å². The molecule has 0 spiro atoms. The first-order valence-electron chi connectivity index (χ1n) is 15.5. The highest BCUT2D eigenvalue weighted by Crippen LogP contribution is 2.43. The summed E-state index contributed by atoms with van der Waals surface area (Å²) in [5.74, 6) is 1.33. The highest BCUT2D eigenvalue weighted by molar-refractivity contribution is 6.01. The number of ether oxygens (including phenoxy) is 4. The van der Waals surface area contributed by atoms with Crippen molar-refractivity contribution in [3.05, 3.63) is 105 Å². The number of aliphatic imine (C=N–C) groups is 1. The van der Waals surface area contributed by atoms with E-state index in [-0.39, 0.29) is 25.5 Å². The first kappa shape index (κ1) is 32.8. The molecule has 1 amide bonds. The normalized spacial score (nSPS) is 19.4. The molecular weight excluding hydrogens is 588 g/mol. The van der Waals surface area contributed by atoms with Crippen LogP contribution in [0.1, 0.15) is 34.8 Å². The van der Waals surface area contributed by atoms with Crippen molar-refractivity contribution in [1.29, 1.82) is 0 Å². The summed E-state index contributed by atoms with van der Waals surface area (Å²) in [7, 11) is 1.60. The maximum Gasteiger partial charge on any atom is 0.252 e. The van der Waals surface area contributed by atoms with Crippen LogP contribution in [0, 0.1) is 0 Å². The Morgan fingerprint density at radius 2 is 1.89 bits per heavy atom. The number of nitrogens with one attached hydrogen (secondary N) is 1. The third-order valence-electron chi connectivity index (χ3n) is 8.13. The zero-order chi connectivity index (χ0) is 32.2. The Morgan fingerprint density at radius 3 is 2.63 bits per heavy atom. The largest absolute Gasteiger partial charge is 0.497 e. The van der Waals surface area contributed by atoms with Crippen LogP contribution in [0.15, 0.2) is 82.9 Å². The van der Waals surface area contributed by atoms with Gasteiger partial charge in [0, 0.05) is 56.1 Å². The molecule has 1 fully saturated rings. The molecule has 0 aliphatic carbocycles. The maximum absolute atomic E-state index is 14.6. The zero-order valence-electron chi connectivity index (χ0n) is 26.0. The molecule has 0 bridgehead atoms. The van der Waals surface area contributed by atoms with Crippen LogP contribution in [0.5, 0.6) is 11.5 Å². The number of hydrogen-bond acceptors (Lipinski definition) is 9. The van der Waals surface area contributed by atoms with E-state index in [0.29, 0.717) is 62.3 Å². The Morgan fingerprint density at radius 1 is 1.11 bits per heavy atom. The predicted octanol–water partition coefficient (Wildman–Crippen LogP) is 4.21. The molecule has 2 heterocycles. The van der Waals surface area contributed by atoms with Gasteiger partial charge in [0.15, 0.2) is 11.6 Å². The fraction of sp³-hybridized carbons (Fsp3) is 0.412. The maximum atomic E-state index is 14.6. The van der Waals surface area contributed by atoms with Gasteiger partial charge in [-0.1, -0.05) is 41.5 Å². The number of methoxy groups -OCH3 is 1. The van der Waals surface area contributed by atoms with E-state index in [1.165, 1.54) is 0 Å². The Labute approximate surface area is 268 Å². The van der Waals surface area contributed by atoms with Gasteiger partial charge in [-0.2, -0.15) is 0 Å². The van der Waals surface area contributed by atoms with Crippen molar-refractivity contribution in [2.24, 2.45) is 10.1 Å². The molecule has 0 radical (unpaired) electrons. The Bertz CT molecular complexity index is 1540. The summed E-state index contributed by atoms with van der Waals surface area (Å²) >= 11 is 0. The SMILES string of the molecule is COc1cccc([C@H]2OC(c3ccc(OCCCO)cc3)=N[C@@]2(Cc2ccccc2CN=[N+]=[N-])C(=O)NCCN2CCOCC2)c1. The van der Waals surface area contributed by atoms with Crippen molar-refractivity contribution in [3.63, 3.8) is 0 Å². The van der Waals surface area contributed by atoms with Crippen LogP contribution < -0.4 is 14.8 Å². The summed E-state index contributed by atoms with van der Waals surface area (Å²) in [6.45, 7) is 4.66. The van der Waals surface area contributed by atoms with Crippen LogP contribution in [-0.2, 0) is 27.2 Å². The lowest BCUT2D eigenvalue weighted by molar-refractivity contribution is -0.129. The van der Waals surface area contributed by atoms with E-state index in [2.05, 4.69) is 20.2 Å². The second-order valence-electron chi connectivity index (χ2n) is 11.1. The smallest absolute Gasteiger partial charge is 0.252 e. The minimum atomic E-state index is -1.41. The van der Waals surface area contributed by atoms with Crippen LogP contribution >= 0.6 is 0 Å². The van der Waals surface area contributed by atoms with Gasteiger partial charge < -0.3 is 29.4 Å². The highest BCUT2D eigenvalue weighted by atomic mass is 16.5. The van der Waals surface area contributed by atoms with Gasteiger partial charge in [-0.3, -0.25) is 9.69 Å². The van der Waals surface area contributed by atoms with Gasteiger partial charge in [-0.25, -0.2) is 4.99 Å². The van der Waals surface area contributed by atoms with E-state index in [9.17, 15) is 4.79 Å². The van der Waals surface area contributed by atoms with Crippen LogP contribution in [0.25, 0.3) is 10.4 Å². The molecular formula is C34H40N6O6. The molecule has 2 aliphatic heterocycles. The molecule has 5 rings (SSSR count). The van der Waals surface area contributed by atoms with E-state index in [1.807, 2.05) is 72.8 Å². The summed E-state index contributed by atoms with van der Waals surface area (Å²) < 4.78 is 23.4. The topological polar surface area (TPSA) is 151 Å². The lowest BCUT2D eigenvalue weighted by atomic mass is 9.80. The van der Waals surface area contributed by atoms with E-state index >= 15 is 0 Å². The Kier molecular flexibility index (Phi) is 11.5. The first-order valence-corrected chi connectivity index (χ1v) is 15.5. The minimum absolute atomic E-state index is 0.0526. The van der Waals surface area contributed by atoms with Gasteiger partial charge in [0.05, 0.1) is 33.5 Å². The second kappa shape index (κ2) is 16.1. The number of azide groups is 1. The Balaban J connectivity index is 1.55. The highest BCUT2D eigenvalue weighted by Gasteiger charge is 2.53. The number of hydrogen-bond donors (Lipinski definition) is 2. The summed E-state index contributed by atoms with van der Waals surface area (Å²) in [4.78, 5) is 24.9. The monoisotopic (exact) mass is 628 g/mol. The zero-order valence-corrected chi connectivity index (χ0v) is 26.0. The third-order valence-corrected chi connectivity index (χ3v) is 8.13. The van der Waals surface area contributed by atoms with E-state index in [1.54, 1.807) is 7.11 Å². The summed E-state index contributed by atoms with van der Waals surface area (Å²) in [5, 5.41) is 16.1. The summed E-state index contributed by atoms with van der Waals surface area (Å²) in [6.07, 6.45) is -0.0697. The number of carbonyl (C=O) groups excluding carboxylic acids is 1. The van der Waals surface area contributed by atoms with Crippen LogP contribution in [0.3, 0.4) is 0 Å². The molecule has 2 N–H and O–H groups in total. The number of benzene rings is 3. The van der Waals surface area contributed by atoms with Crippen LogP contribution in [-0.4, -0.2) is 87.1 Å². The van der Waals surface area contributed by atoms with Crippen LogP contribution in [0.2, 0.25) is 0 Å². The molecule has 1 saturated heterocycles. The third kappa shape index (κ3) is 7.96. The second-order valence-corrected chi connectivity index (χ2v) is 11.1. The number of aliphatic hydroxyl groups excluding tert-OH is 1. The van der Waals surface area contributed by atoms with Gasteiger partial charge in [-0.15, -0.1) is 0 Å². The molecule has 0 aromatic heterocycles. The van der Waals surface area contributed by atoms with Crippen molar-refractivity contribution < 1.29 is 28.8 Å². The van der Waals surface area contributed by atoms with Crippen molar-refractivity contribution in [1.82, 2.24) is 10.2 Å². The van der Waals surface area contributed by atoms with Crippen molar-refractivity contribution in [2.45, 2.75) is 31.0 Å². The standard InChI is InChI=1S/C34H40N6O6/c1-43-30-9-4-8-26(22-30)31-34(23-27-6-2-3-7-28(27)24-37-39-35,33(42)36-14-15-40-16-20-44-21-17-40)38-32(46-31)25-10-12-29(13-11-25)45-19-5-18-41/h2-4,6-13,22,31,41H,5,14-21,23-24H2,1H3,(H,36,42)/t31-,34-/m1/s1. The lowest BCUT2D eigenvalue weighted by Gasteiger charge is -2.32. The molecule has 3 aromatic rings. The molecule has 3 aromatic carbocycles. The van der Waals surface area contributed by atoms with E-state index in [4.69, 9.17) is 34.6 Å². The average Bonchev–Trinajstić information content (AvgIpc) is 3.49. The van der Waals surface area contributed by atoms with Crippen molar-refractivity contribution in [3.8, 4) is 11.5 Å². The minimum Gasteiger partial charge on any atom is -0.497 e. The molecule has 0 saturated carbocycles. The van der Waals surface area contributed by atoms with Gasteiger partial charge >= 0.3 is 0 Å². The number of nitrogens with zero attached hydrogens (tertiary/aromatic N) is 5. The molecule has 12 heteroatoms. The molecule has 2 atom stereocenters. The average molecular weight is 629 g/mol. The molecule has 46 heavy (non-hydrogen) atoms. The first-order chi connectivity index (χ1) is 22.6. The lowest BCUT2D eigenvalue weighted by Crippen LogP contribution is -2.52. The van der Waals surface area contributed by atoms with Crippen LogP contribution in [0.4, 0.5) is 0 Å². The summed E-state index contributed by atoms with van der Waals surface area (Å²) in [5.41, 5.74) is 10.7. The fourth-order valence-electron chi connectivity index (χ4n) is 5.67. The number of aliphatic hydroxyl groups is 1. The Hall–Kier alpha value is -4.61. The molecule has 2 aliphatic rings.